The minimum absolute atomic E-state index is 0.108. The zero-order chi connectivity index (χ0) is 13.6. The summed E-state index contributed by atoms with van der Waals surface area (Å²) in [4.78, 5) is 21.4. The fourth-order valence-corrected chi connectivity index (χ4v) is 5.38. The molecule has 0 aliphatic heterocycles. The van der Waals surface area contributed by atoms with E-state index in [0.29, 0.717) is 12.1 Å². The fraction of sp³-hybridized carbons (Fsp3) is 0.385. The second-order valence-corrected chi connectivity index (χ2v) is 9.41. The number of benzene rings is 1. The standard InChI is InChI=1S/C13H18O4Si/c1-18(9-7-12(14)15,10-8-13(16)17)11-5-3-2-4-6-11/h2-6H,7-10H2,1H3,(H,14,15)(H,16,17). The number of carboxylic acid groups (broad SMARTS) is 2. The first-order valence-corrected chi connectivity index (χ1v) is 8.84. The molecular formula is C13H18O4Si. The molecule has 0 aliphatic carbocycles. The maximum atomic E-state index is 10.7. The summed E-state index contributed by atoms with van der Waals surface area (Å²) in [6.07, 6.45) is 0.217. The number of hydrogen-bond acceptors (Lipinski definition) is 2. The Morgan fingerprint density at radius 1 is 1.00 bits per heavy atom. The second-order valence-electron chi connectivity index (χ2n) is 4.71. The Hall–Kier alpha value is -1.62. The lowest BCUT2D eigenvalue weighted by atomic mass is 10.4. The minimum Gasteiger partial charge on any atom is -0.481 e. The first-order chi connectivity index (χ1) is 8.44. The van der Waals surface area contributed by atoms with Crippen LogP contribution in [-0.2, 0) is 9.59 Å². The van der Waals surface area contributed by atoms with Crippen LogP contribution in [0.3, 0.4) is 0 Å². The van der Waals surface area contributed by atoms with Crippen molar-refractivity contribution in [1.29, 1.82) is 0 Å². The molecule has 0 aliphatic rings. The number of hydrogen-bond donors (Lipinski definition) is 2. The molecule has 0 unspecified atom stereocenters. The summed E-state index contributed by atoms with van der Waals surface area (Å²) in [5, 5.41) is 18.7. The highest BCUT2D eigenvalue weighted by atomic mass is 28.3. The van der Waals surface area contributed by atoms with Gasteiger partial charge in [0.2, 0.25) is 0 Å². The summed E-state index contributed by atoms with van der Waals surface area (Å²) in [5.41, 5.74) is 0. The van der Waals surface area contributed by atoms with Crippen molar-refractivity contribution in [3.63, 3.8) is 0 Å². The van der Waals surface area contributed by atoms with E-state index in [9.17, 15) is 9.59 Å². The third-order valence-electron chi connectivity index (χ3n) is 3.25. The molecule has 0 fully saturated rings. The molecule has 0 bridgehead atoms. The van der Waals surface area contributed by atoms with Gasteiger partial charge < -0.3 is 10.2 Å². The highest BCUT2D eigenvalue weighted by Gasteiger charge is 2.30. The van der Waals surface area contributed by atoms with Crippen LogP contribution in [0.15, 0.2) is 30.3 Å². The smallest absolute Gasteiger partial charge is 0.303 e. The Morgan fingerprint density at radius 2 is 1.44 bits per heavy atom. The lowest BCUT2D eigenvalue weighted by Crippen LogP contribution is -2.45. The Labute approximate surface area is 107 Å². The molecule has 0 radical (unpaired) electrons. The zero-order valence-electron chi connectivity index (χ0n) is 10.4. The molecule has 98 valence electrons. The van der Waals surface area contributed by atoms with E-state index in [1.807, 2.05) is 30.3 Å². The van der Waals surface area contributed by atoms with Crippen LogP contribution < -0.4 is 5.19 Å². The third kappa shape index (κ3) is 4.33. The lowest BCUT2D eigenvalue weighted by molar-refractivity contribution is -0.137. The van der Waals surface area contributed by atoms with E-state index in [0.717, 1.165) is 5.19 Å². The van der Waals surface area contributed by atoms with Gasteiger partial charge in [0.15, 0.2) is 0 Å². The van der Waals surface area contributed by atoms with E-state index in [2.05, 4.69) is 6.55 Å². The van der Waals surface area contributed by atoms with Crippen molar-refractivity contribution in [1.82, 2.24) is 0 Å². The van der Waals surface area contributed by atoms with E-state index in [1.54, 1.807) is 0 Å². The summed E-state index contributed by atoms with van der Waals surface area (Å²) in [6, 6.07) is 10.9. The van der Waals surface area contributed by atoms with E-state index in [4.69, 9.17) is 10.2 Å². The van der Waals surface area contributed by atoms with E-state index < -0.39 is 20.0 Å². The molecular weight excluding hydrogens is 248 g/mol. The quantitative estimate of drug-likeness (QED) is 0.739. The van der Waals surface area contributed by atoms with Crippen LogP contribution >= 0.6 is 0 Å². The molecule has 0 aromatic heterocycles. The molecule has 0 heterocycles. The van der Waals surface area contributed by atoms with Crippen LogP contribution in [0.2, 0.25) is 18.6 Å². The van der Waals surface area contributed by atoms with Crippen LogP contribution in [-0.4, -0.2) is 30.2 Å². The molecule has 1 aromatic carbocycles. The molecule has 0 spiro atoms. The maximum absolute atomic E-state index is 10.7. The molecule has 5 heteroatoms. The average molecular weight is 266 g/mol. The second kappa shape index (κ2) is 6.35. The zero-order valence-corrected chi connectivity index (χ0v) is 11.4. The van der Waals surface area contributed by atoms with Crippen molar-refractivity contribution in [3.8, 4) is 0 Å². The van der Waals surface area contributed by atoms with Gasteiger partial charge in [-0.05, 0) is 12.1 Å². The van der Waals surface area contributed by atoms with E-state index in [1.165, 1.54) is 0 Å². The fourth-order valence-electron chi connectivity index (χ4n) is 2.02. The third-order valence-corrected chi connectivity index (χ3v) is 7.69. The summed E-state index contributed by atoms with van der Waals surface area (Å²) in [6.45, 7) is 2.06. The van der Waals surface area contributed by atoms with Crippen LogP contribution in [0.5, 0.6) is 0 Å². The van der Waals surface area contributed by atoms with E-state index in [-0.39, 0.29) is 12.8 Å². The van der Waals surface area contributed by atoms with Crippen molar-refractivity contribution in [3.05, 3.63) is 30.3 Å². The van der Waals surface area contributed by atoms with Gasteiger partial charge in [-0.15, -0.1) is 0 Å². The highest BCUT2D eigenvalue weighted by Crippen LogP contribution is 2.20. The summed E-state index contributed by atoms with van der Waals surface area (Å²) in [7, 11) is -2.01. The van der Waals surface area contributed by atoms with Gasteiger partial charge >= 0.3 is 11.9 Å². The SMILES string of the molecule is C[Si](CCC(=O)O)(CCC(=O)O)c1ccccc1. The largest absolute Gasteiger partial charge is 0.481 e. The van der Waals surface area contributed by atoms with Crippen LogP contribution in [0.25, 0.3) is 0 Å². The van der Waals surface area contributed by atoms with Gasteiger partial charge in [-0.1, -0.05) is 42.1 Å². The molecule has 1 aromatic rings. The summed E-state index contributed by atoms with van der Waals surface area (Å²) < 4.78 is 0. The van der Waals surface area contributed by atoms with Gasteiger partial charge in [-0.2, -0.15) is 0 Å². The molecule has 0 amide bonds. The number of carbonyl (C=O) groups is 2. The highest BCUT2D eigenvalue weighted by molar-refractivity contribution is 6.91. The molecule has 4 nitrogen and oxygen atoms in total. The first kappa shape index (κ1) is 14.4. The van der Waals surface area contributed by atoms with Gasteiger partial charge in [-0.25, -0.2) is 0 Å². The normalized spacial score (nSPS) is 11.2. The van der Waals surface area contributed by atoms with Crippen molar-refractivity contribution >= 4 is 25.2 Å². The number of rotatable bonds is 7. The minimum atomic E-state index is -2.01. The Kier molecular flexibility index (Phi) is 5.09. The Morgan fingerprint density at radius 3 is 1.83 bits per heavy atom. The van der Waals surface area contributed by atoms with E-state index >= 15 is 0 Å². The van der Waals surface area contributed by atoms with Gasteiger partial charge in [0.05, 0.1) is 8.07 Å². The average Bonchev–Trinajstić information content (AvgIpc) is 2.35. The summed E-state index contributed by atoms with van der Waals surface area (Å²) >= 11 is 0. The molecule has 18 heavy (non-hydrogen) atoms. The van der Waals surface area contributed by atoms with Crippen LogP contribution in [0, 0.1) is 0 Å². The molecule has 1 rings (SSSR count). The topological polar surface area (TPSA) is 74.6 Å². The maximum Gasteiger partial charge on any atom is 0.303 e. The predicted octanol–water partition coefficient (Wildman–Crippen LogP) is 1.92. The van der Waals surface area contributed by atoms with Crippen molar-refractivity contribution in [2.45, 2.75) is 31.5 Å². The molecule has 2 N–H and O–H groups in total. The summed E-state index contributed by atoms with van der Waals surface area (Å²) in [5.74, 6) is -1.64. The van der Waals surface area contributed by atoms with Gasteiger partial charge in [0.1, 0.15) is 0 Å². The van der Waals surface area contributed by atoms with Gasteiger partial charge in [-0.3, -0.25) is 9.59 Å². The first-order valence-electron chi connectivity index (χ1n) is 5.93. The lowest BCUT2D eigenvalue weighted by Gasteiger charge is -2.27. The Balaban J connectivity index is 2.86. The number of aliphatic carboxylic acids is 2. The van der Waals surface area contributed by atoms with Crippen LogP contribution in [0.1, 0.15) is 12.8 Å². The van der Waals surface area contributed by atoms with Crippen molar-refractivity contribution in [2.75, 3.05) is 0 Å². The van der Waals surface area contributed by atoms with Crippen LogP contribution in [0.4, 0.5) is 0 Å². The monoisotopic (exact) mass is 266 g/mol. The Bertz CT molecular complexity index is 398. The molecule has 0 saturated heterocycles. The van der Waals surface area contributed by atoms with Crippen molar-refractivity contribution in [2.24, 2.45) is 0 Å². The van der Waals surface area contributed by atoms with Gasteiger partial charge in [0.25, 0.3) is 0 Å². The molecule has 0 saturated carbocycles. The predicted molar refractivity (Wildman–Crippen MR) is 71.8 cm³/mol. The number of carboxylic acids is 2. The van der Waals surface area contributed by atoms with Crippen molar-refractivity contribution < 1.29 is 19.8 Å². The molecule has 0 atom stereocenters. The van der Waals surface area contributed by atoms with Gasteiger partial charge in [0, 0.05) is 12.8 Å².